The molecule has 0 aliphatic heterocycles. The lowest BCUT2D eigenvalue weighted by Crippen LogP contribution is -2.33. The van der Waals surface area contributed by atoms with Crippen molar-refractivity contribution in [3.63, 3.8) is 0 Å². The fourth-order valence-electron chi connectivity index (χ4n) is 2.51. The van der Waals surface area contributed by atoms with Gasteiger partial charge in [0.25, 0.3) is 0 Å². The molecule has 2 aromatic rings. The minimum atomic E-state index is -0.492. The van der Waals surface area contributed by atoms with Crippen molar-refractivity contribution in [2.75, 3.05) is 13.7 Å². The van der Waals surface area contributed by atoms with E-state index in [4.69, 9.17) is 4.74 Å². The summed E-state index contributed by atoms with van der Waals surface area (Å²) >= 11 is 0. The zero-order chi connectivity index (χ0) is 16.7. The summed E-state index contributed by atoms with van der Waals surface area (Å²) in [6.07, 6.45) is 0.521. The van der Waals surface area contributed by atoms with Crippen molar-refractivity contribution in [1.29, 1.82) is 0 Å². The molecule has 0 radical (unpaired) electrons. The van der Waals surface area contributed by atoms with Gasteiger partial charge in [-0.25, -0.2) is 0 Å². The Kier molecular flexibility index (Phi) is 6.63. The van der Waals surface area contributed by atoms with Gasteiger partial charge in [0.05, 0.1) is 12.7 Å². The van der Waals surface area contributed by atoms with Crippen molar-refractivity contribution in [2.45, 2.75) is 39.0 Å². The lowest BCUT2D eigenvalue weighted by atomic mass is 10.0. The van der Waals surface area contributed by atoms with Gasteiger partial charge in [0.2, 0.25) is 0 Å². The summed E-state index contributed by atoms with van der Waals surface area (Å²) in [5, 5.41) is 10.5. The lowest BCUT2D eigenvalue weighted by molar-refractivity contribution is 0.0688. The van der Waals surface area contributed by atoms with Crippen LogP contribution in [0.3, 0.4) is 0 Å². The van der Waals surface area contributed by atoms with Crippen LogP contribution in [0.25, 0.3) is 0 Å². The van der Waals surface area contributed by atoms with Crippen LogP contribution < -0.4 is 4.74 Å². The Hall–Kier alpha value is -1.84. The topological polar surface area (TPSA) is 32.7 Å². The molecule has 3 nitrogen and oxygen atoms in total. The van der Waals surface area contributed by atoms with Crippen LogP contribution in [0.1, 0.15) is 37.5 Å². The zero-order valence-electron chi connectivity index (χ0n) is 14.3. The number of benzene rings is 2. The number of aliphatic hydroxyl groups is 1. The van der Waals surface area contributed by atoms with Crippen LogP contribution in [0.4, 0.5) is 0 Å². The van der Waals surface area contributed by atoms with Crippen molar-refractivity contribution in [1.82, 2.24) is 4.90 Å². The van der Waals surface area contributed by atoms with Gasteiger partial charge in [-0.2, -0.15) is 0 Å². The monoisotopic (exact) mass is 313 g/mol. The number of aliphatic hydroxyl groups excluding tert-OH is 1. The summed E-state index contributed by atoms with van der Waals surface area (Å²) < 4.78 is 5.61. The van der Waals surface area contributed by atoms with E-state index in [9.17, 15) is 5.11 Å². The highest BCUT2D eigenvalue weighted by Crippen LogP contribution is 2.21. The molecule has 0 heterocycles. The van der Waals surface area contributed by atoms with Crippen LogP contribution >= 0.6 is 0 Å². The van der Waals surface area contributed by atoms with Gasteiger partial charge in [0.1, 0.15) is 5.75 Å². The van der Waals surface area contributed by atoms with Crippen LogP contribution in [0, 0.1) is 0 Å². The van der Waals surface area contributed by atoms with Gasteiger partial charge < -0.3 is 9.84 Å². The molecule has 0 aliphatic rings. The van der Waals surface area contributed by atoms with E-state index in [0.717, 1.165) is 30.9 Å². The molecule has 3 heteroatoms. The maximum Gasteiger partial charge on any atom is 0.119 e. The van der Waals surface area contributed by atoms with E-state index in [0.29, 0.717) is 0 Å². The van der Waals surface area contributed by atoms with Gasteiger partial charge in [-0.1, -0.05) is 49.4 Å². The molecule has 2 unspecified atom stereocenters. The first-order chi connectivity index (χ1) is 11.1. The molecule has 1 N–H and O–H groups in total. The summed E-state index contributed by atoms with van der Waals surface area (Å²) in [7, 11) is 2.04. The van der Waals surface area contributed by atoms with Crippen LogP contribution in [0.5, 0.6) is 5.75 Å². The fraction of sp³-hybridized carbons (Fsp3) is 0.400. The number of hydrogen-bond donors (Lipinski definition) is 1. The van der Waals surface area contributed by atoms with E-state index in [1.807, 2.05) is 49.5 Å². The molecular formula is C20H27NO2. The number of rotatable bonds is 8. The minimum absolute atomic E-state index is 0.0356. The predicted octanol–water partition coefficient (Wildman–Crippen LogP) is 4.03. The van der Waals surface area contributed by atoms with Crippen molar-refractivity contribution in [2.24, 2.45) is 0 Å². The molecule has 0 aliphatic carbocycles. The smallest absolute Gasteiger partial charge is 0.119 e. The summed E-state index contributed by atoms with van der Waals surface area (Å²) in [6, 6.07) is 18.0. The second-order valence-corrected chi connectivity index (χ2v) is 6.00. The highest BCUT2D eigenvalue weighted by Gasteiger charge is 2.20. The van der Waals surface area contributed by atoms with Gasteiger partial charge in [-0.3, -0.25) is 4.90 Å². The Bertz CT molecular complexity index is 568. The average Bonchev–Trinajstić information content (AvgIpc) is 2.60. The van der Waals surface area contributed by atoms with Crippen molar-refractivity contribution in [3.05, 3.63) is 65.7 Å². The summed E-state index contributed by atoms with van der Waals surface area (Å²) in [5.74, 6) is 0.913. The Morgan fingerprint density at radius 2 is 1.70 bits per heavy atom. The van der Waals surface area contributed by atoms with E-state index >= 15 is 0 Å². The molecule has 23 heavy (non-hydrogen) atoms. The Morgan fingerprint density at radius 3 is 2.30 bits per heavy atom. The minimum Gasteiger partial charge on any atom is -0.494 e. The normalized spacial score (nSPS) is 13.8. The SMILES string of the molecule is CCCOc1ccc(CN(C)C(C)C(O)c2ccccc2)cc1. The van der Waals surface area contributed by atoms with Crippen molar-refractivity contribution in [3.8, 4) is 5.75 Å². The van der Waals surface area contributed by atoms with Gasteiger partial charge in [0.15, 0.2) is 0 Å². The number of hydrogen-bond acceptors (Lipinski definition) is 3. The third kappa shape index (κ3) is 5.08. The molecule has 0 aromatic heterocycles. The Balaban J connectivity index is 1.94. The first kappa shape index (κ1) is 17.5. The maximum absolute atomic E-state index is 10.5. The highest BCUT2D eigenvalue weighted by atomic mass is 16.5. The third-order valence-corrected chi connectivity index (χ3v) is 4.12. The summed E-state index contributed by atoms with van der Waals surface area (Å²) in [6.45, 7) is 5.69. The summed E-state index contributed by atoms with van der Waals surface area (Å²) in [4.78, 5) is 2.17. The molecule has 2 rings (SSSR count). The fourth-order valence-corrected chi connectivity index (χ4v) is 2.51. The Labute approximate surface area is 139 Å². The molecule has 0 saturated carbocycles. The first-order valence-electron chi connectivity index (χ1n) is 8.26. The van der Waals surface area contributed by atoms with E-state index in [2.05, 4.69) is 30.9 Å². The van der Waals surface area contributed by atoms with Gasteiger partial charge in [0, 0.05) is 12.6 Å². The second-order valence-electron chi connectivity index (χ2n) is 6.00. The largest absolute Gasteiger partial charge is 0.494 e. The number of likely N-dealkylation sites (N-methyl/N-ethyl adjacent to an activating group) is 1. The standard InChI is InChI=1S/C20H27NO2/c1-4-14-23-19-12-10-17(11-13-19)15-21(3)16(2)20(22)18-8-6-5-7-9-18/h5-13,16,20,22H,4,14-15H2,1-3H3. The van der Waals surface area contributed by atoms with Crippen molar-refractivity contribution >= 4 is 0 Å². The molecule has 2 atom stereocenters. The van der Waals surface area contributed by atoms with Gasteiger partial charge >= 0.3 is 0 Å². The highest BCUT2D eigenvalue weighted by molar-refractivity contribution is 5.27. The molecule has 0 saturated heterocycles. The van der Waals surface area contributed by atoms with E-state index in [1.54, 1.807) is 0 Å². The van der Waals surface area contributed by atoms with E-state index in [1.165, 1.54) is 5.56 Å². The quantitative estimate of drug-likeness (QED) is 0.798. The van der Waals surface area contributed by atoms with Crippen LogP contribution in [-0.4, -0.2) is 29.7 Å². The molecular weight excluding hydrogens is 286 g/mol. The lowest BCUT2D eigenvalue weighted by Gasteiger charge is -2.29. The average molecular weight is 313 g/mol. The van der Waals surface area contributed by atoms with Crippen LogP contribution in [-0.2, 0) is 6.54 Å². The van der Waals surface area contributed by atoms with Crippen molar-refractivity contribution < 1.29 is 9.84 Å². The summed E-state index contributed by atoms with van der Waals surface area (Å²) in [5.41, 5.74) is 2.17. The third-order valence-electron chi connectivity index (χ3n) is 4.12. The first-order valence-corrected chi connectivity index (χ1v) is 8.26. The molecule has 0 bridgehead atoms. The predicted molar refractivity (Wildman–Crippen MR) is 94.6 cm³/mol. The number of ether oxygens (including phenoxy) is 1. The maximum atomic E-state index is 10.5. The zero-order valence-corrected chi connectivity index (χ0v) is 14.3. The van der Waals surface area contributed by atoms with Crippen LogP contribution in [0.15, 0.2) is 54.6 Å². The second kappa shape index (κ2) is 8.70. The number of nitrogens with zero attached hydrogens (tertiary/aromatic N) is 1. The Morgan fingerprint density at radius 1 is 1.04 bits per heavy atom. The van der Waals surface area contributed by atoms with E-state index in [-0.39, 0.29) is 6.04 Å². The van der Waals surface area contributed by atoms with Gasteiger partial charge in [-0.05, 0) is 43.7 Å². The molecule has 0 fully saturated rings. The molecule has 0 spiro atoms. The van der Waals surface area contributed by atoms with E-state index < -0.39 is 6.10 Å². The van der Waals surface area contributed by atoms with Gasteiger partial charge in [-0.15, -0.1) is 0 Å². The molecule has 124 valence electrons. The van der Waals surface area contributed by atoms with Crippen LogP contribution in [0.2, 0.25) is 0 Å². The molecule has 0 amide bonds. The molecule has 2 aromatic carbocycles.